The van der Waals surface area contributed by atoms with Crippen LogP contribution in [0.25, 0.3) is 0 Å². The molecule has 2 aliphatic rings. The van der Waals surface area contributed by atoms with Crippen molar-refractivity contribution >= 4 is 5.91 Å². The Balaban J connectivity index is 1.70. The maximum Gasteiger partial charge on any atom is 0.253 e. The molecule has 17 heavy (non-hydrogen) atoms. The van der Waals surface area contributed by atoms with Crippen molar-refractivity contribution in [2.45, 2.75) is 0 Å². The van der Waals surface area contributed by atoms with Crippen LogP contribution in [0.4, 0.5) is 0 Å². The van der Waals surface area contributed by atoms with Crippen molar-refractivity contribution in [3.05, 3.63) is 35.9 Å². The van der Waals surface area contributed by atoms with E-state index in [1.165, 1.54) is 0 Å². The summed E-state index contributed by atoms with van der Waals surface area (Å²) in [4.78, 5) is 16.7. The van der Waals surface area contributed by atoms with Gasteiger partial charge in [0.05, 0.1) is 0 Å². The molecule has 90 valence electrons. The van der Waals surface area contributed by atoms with Crippen LogP contribution in [0.1, 0.15) is 10.4 Å². The van der Waals surface area contributed by atoms with Crippen molar-refractivity contribution in [3.63, 3.8) is 0 Å². The highest BCUT2D eigenvalue weighted by molar-refractivity contribution is 5.94. The molecule has 2 saturated heterocycles. The van der Waals surface area contributed by atoms with E-state index in [0.717, 1.165) is 31.7 Å². The Kier molecular flexibility index (Phi) is 2.63. The molecule has 1 amide bonds. The number of fused-ring (bicyclic) bond motifs is 1. The average molecular weight is 230 g/mol. The van der Waals surface area contributed by atoms with Gasteiger partial charge in [-0.2, -0.15) is 0 Å². The van der Waals surface area contributed by atoms with E-state index in [0.29, 0.717) is 11.8 Å². The quantitative estimate of drug-likeness (QED) is 0.726. The van der Waals surface area contributed by atoms with E-state index >= 15 is 0 Å². The van der Waals surface area contributed by atoms with Crippen molar-refractivity contribution in [1.82, 2.24) is 9.80 Å². The Hall–Kier alpha value is -1.35. The number of carbonyl (C=O) groups excluding carboxylic acids is 1. The molecule has 0 aromatic heterocycles. The number of carbonyl (C=O) groups is 1. The van der Waals surface area contributed by atoms with Gasteiger partial charge >= 0.3 is 0 Å². The normalized spacial score (nSPS) is 28.4. The fraction of sp³-hybridized carbons (Fsp3) is 0.500. The van der Waals surface area contributed by atoms with E-state index in [1.54, 1.807) is 0 Å². The van der Waals surface area contributed by atoms with Crippen molar-refractivity contribution in [2.24, 2.45) is 11.8 Å². The Morgan fingerprint density at radius 3 is 2.24 bits per heavy atom. The van der Waals surface area contributed by atoms with Gasteiger partial charge in [0, 0.05) is 31.7 Å². The Morgan fingerprint density at radius 2 is 1.65 bits per heavy atom. The Labute approximate surface area is 102 Å². The molecular weight excluding hydrogens is 212 g/mol. The summed E-state index contributed by atoms with van der Waals surface area (Å²) in [5.41, 5.74) is 0.820. The third-order valence-electron chi connectivity index (χ3n) is 3.98. The van der Waals surface area contributed by atoms with Crippen molar-refractivity contribution in [2.75, 3.05) is 33.2 Å². The van der Waals surface area contributed by atoms with Gasteiger partial charge in [-0.1, -0.05) is 18.2 Å². The molecule has 2 aliphatic heterocycles. The second-order valence-electron chi connectivity index (χ2n) is 5.32. The molecule has 0 unspecified atom stereocenters. The van der Waals surface area contributed by atoms with Crippen LogP contribution < -0.4 is 0 Å². The largest absolute Gasteiger partial charge is 0.338 e. The first-order chi connectivity index (χ1) is 8.24. The molecule has 1 aromatic rings. The first-order valence-electron chi connectivity index (χ1n) is 6.27. The number of benzene rings is 1. The van der Waals surface area contributed by atoms with E-state index < -0.39 is 0 Å². The van der Waals surface area contributed by atoms with Gasteiger partial charge in [0.25, 0.3) is 5.91 Å². The zero-order valence-corrected chi connectivity index (χ0v) is 10.2. The van der Waals surface area contributed by atoms with E-state index in [2.05, 4.69) is 11.9 Å². The molecule has 3 nitrogen and oxygen atoms in total. The van der Waals surface area contributed by atoms with E-state index in [9.17, 15) is 4.79 Å². The van der Waals surface area contributed by atoms with Crippen LogP contribution in [0.2, 0.25) is 0 Å². The van der Waals surface area contributed by atoms with Crippen LogP contribution in [0.5, 0.6) is 0 Å². The van der Waals surface area contributed by atoms with Gasteiger partial charge < -0.3 is 9.80 Å². The lowest BCUT2D eigenvalue weighted by atomic mass is 10.0. The number of rotatable bonds is 1. The van der Waals surface area contributed by atoms with Crippen molar-refractivity contribution in [3.8, 4) is 0 Å². The fourth-order valence-corrected chi connectivity index (χ4v) is 3.16. The molecule has 0 spiro atoms. The van der Waals surface area contributed by atoms with Gasteiger partial charge in [-0.15, -0.1) is 0 Å². The molecule has 0 N–H and O–H groups in total. The van der Waals surface area contributed by atoms with Crippen LogP contribution in [0.3, 0.4) is 0 Å². The maximum absolute atomic E-state index is 12.3. The third kappa shape index (κ3) is 1.95. The van der Waals surface area contributed by atoms with E-state index in [-0.39, 0.29) is 5.91 Å². The van der Waals surface area contributed by atoms with Crippen LogP contribution >= 0.6 is 0 Å². The van der Waals surface area contributed by atoms with Gasteiger partial charge in [0.15, 0.2) is 0 Å². The summed E-state index contributed by atoms with van der Waals surface area (Å²) < 4.78 is 0. The number of hydrogen-bond donors (Lipinski definition) is 0. The maximum atomic E-state index is 12.3. The highest BCUT2D eigenvalue weighted by Crippen LogP contribution is 2.30. The lowest BCUT2D eigenvalue weighted by Crippen LogP contribution is -2.32. The summed E-state index contributed by atoms with van der Waals surface area (Å²) in [6.07, 6.45) is 0. The predicted octanol–water partition coefficient (Wildman–Crippen LogP) is 1.32. The minimum Gasteiger partial charge on any atom is -0.338 e. The first-order valence-corrected chi connectivity index (χ1v) is 6.27. The zero-order valence-electron chi connectivity index (χ0n) is 10.2. The topological polar surface area (TPSA) is 23.6 Å². The fourth-order valence-electron chi connectivity index (χ4n) is 3.16. The Morgan fingerprint density at radius 1 is 1.06 bits per heavy atom. The summed E-state index contributed by atoms with van der Waals surface area (Å²) in [7, 11) is 2.17. The van der Waals surface area contributed by atoms with Gasteiger partial charge in [-0.05, 0) is 31.0 Å². The zero-order chi connectivity index (χ0) is 11.8. The molecule has 0 radical (unpaired) electrons. The second kappa shape index (κ2) is 4.15. The smallest absolute Gasteiger partial charge is 0.253 e. The molecule has 0 aliphatic carbocycles. The third-order valence-corrected chi connectivity index (χ3v) is 3.98. The monoisotopic (exact) mass is 230 g/mol. The molecule has 0 bridgehead atoms. The molecule has 2 heterocycles. The van der Waals surface area contributed by atoms with Crippen LogP contribution in [-0.4, -0.2) is 48.9 Å². The summed E-state index contributed by atoms with van der Waals surface area (Å²) in [6, 6.07) is 9.62. The highest BCUT2D eigenvalue weighted by atomic mass is 16.2. The molecule has 2 atom stereocenters. The van der Waals surface area contributed by atoms with Crippen LogP contribution in [-0.2, 0) is 0 Å². The summed E-state index contributed by atoms with van der Waals surface area (Å²) >= 11 is 0. The summed E-state index contributed by atoms with van der Waals surface area (Å²) in [5.74, 6) is 1.57. The summed E-state index contributed by atoms with van der Waals surface area (Å²) in [6.45, 7) is 4.15. The second-order valence-corrected chi connectivity index (χ2v) is 5.32. The van der Waals surface area contributed by atoms with Gasteiger partial charge in [0.2, 0.25) is 0 Å². The highest BCUT2D eigenvalue weighted by Gasteiger charge is 2.40. The lowest BCUT2D eigenvalue weighted by Gasteiger charge is -2.19. The number of nitrogens with zero attached hydrogens (tertiary/aromatic N) is 2. The average Bonchev–Trinajstić information content (AvgIpc) is 2.86. The molecule has 2 fully saturated rings. The van der Waals surface area contributed by atoms with Crippen molar-refractivity contribution < 1.29 is 4.79 Å². The minimum absolute atomic E-state index is 0.197. The number of amides is 1. The predicted molar refractivity (Wildman–Crippen MR) is 66.8 cm³/mol. The number of hydrogen-bond acceptors (Lipinski definition) is 2. The lowest BCUT2D eigenvalue weighted by molar-refractivity contribution is 0.0776. The first kappa shape index (κ1) is 10.8. The number of likely N-dealkylation sites (tertiary alicyclic amines) is 2. The van der Waals surface area contributed by atoms with Crippen LogP contribution in [0, 0.1) is 11.8 Å². The van der Waals surface area contributed by atoms with Gasteiger partial charge in [-0.25, -0.2) is 0 Å². The SMILES string of the molecule is CN1C[C@@H]2CN(C(=O)c3ccccc3)C[C@@H]2C1. The Bertz CT molecular complexity index is 403. The van der Waals surface area contributed by atoms with Gasteiger partial charge in [0.1, 0.15) is 0 Å². The molecule has 3 heteroatoms. The summed E-state index contributed by atoms with van der Waals surface area (Å²) in [5, 5.41) is 0. The van der Waals surface area contributed by atoms with E-state index in [4.69, 9.17) is 0 Å². The van der Waals surface area contributed by atoms with Gasteiger partial charge in [-0.3, -0.25) is 4.79 Å². The molecular formula is C14H18N2O. The van der Waals surface area contributed by atoms with Crippen molar-refractivity contribution in [1.29, 1.82) is 0 Å². The molecule has 1 aromatic carbocycles. The van der Waals surface area contributed by atoms with E-state index in [1.807, 2.05) is 35.2 Å². The molecule has 0 saturated carbocycles. The minimum atomic E-state index is 0.197. The standard InChI is InChI=1S/C14H18N2O/c1-15-7-12-9-16(10-13(12)8-15)14(17)11-5-3-2-4-6-11/h2-6,12-13H,7-10H2,1H3/t12-,13+. The molecule has 3 rings (SSSR count). The van der Waals surface area contributed by atoms with Crippen LogP contribution in [0.15, 0.2) is 30.3 Å².